The molecule has 0 heterocycles. The topological polar surface area (TPSA) is 503 Å². The lowest BCUT2D eigenvalue weighted by Crippen LogP contribution is -2.54. The van der Waals surface area contributed by atoms with E-state index in [9.17, 15) is 78.0 Å². The number of amides is 8. The summed E-state index contributed by atoms with van der Waals surface area (Å²) in [5, 5.41) is 55.1. The molecule has 1 aliphatic rings. The smallest absolute Gasteiger partial charge is 0.303 e. The van der Waals surface area contributed by atoms with Crippen LogP contribution < -0.4 is 82.8 Å². The molecular weight excluding hydrogens is 1270 g/mol. The number of aliphatic hydroxyl groups is 2. The number of ether oxygens (including phenoxy) is 6. The van der Waals surface area contributed by atoms with Crippen LogP contribution in [0.25, 0.3) is 0 Å². The average molecular weight is 1370 g/mol. The van der Waals surface area contributed by atoms with Crippen molar-refractivity contribution in [2.75, 3.05) is 67.5 Å². The summed E-state index contributed by atoms with van der Waals surface area (Å²) in [4.78, 5) is 151. The van der Waals surface area contributed by atoms with Crippen LogP contribution in [0.4, 0.5) is 0 Å². The van der Waals surface area contributed by atoms with E-state index in [2.05, 4.69) is 37.2 Å². The number of hydrogen-bond acceptors (Lipinski definition) is 22. The maximum absolute atomic E-state index is 13.4. The Morgan fingerprint density at radius 3 is 1.11 bits per heavy atom. The molecule has 0 aliphatic heterocycles. The van der Waals surface area contributed by atoms with Crippen molar-refractivity contribution in [1.82, 2.24) is 37.2 Å². The van der Waals surface area contributed by atoms with Gasteiger partial charge in [-0.2, -0.15) is 0 Å². The minimum Gasteiger partial charge on any atom is -0.493 e. The van der Waals surface area contributed by atoms with Gasteiger partial charge in [0.2, 0.25) is 41.4 Å². The maximum atomic E-state index is 13.4. The van der Waals surface area contributed by atoms with Crippen LogP contribution >= 0.6 is 0 Å². The van der Waals surface area contributed by atoms with E-state index in [1.165, 1.54) is 55.9 Å². The number of carboxylic acid groups (broad SMARTS) is 2. The second kappa shape index (κ2) is 39.4. The van der Waals surface area contributed by atoms with E-state index in [4.69, 9.17) is 45.6 Å². The molecule has 0 bridgehead atoms. The zero-order valence-electron chi connectivity index (χ0n) is 55.8. The number of hydrogen-bond donors (Lipinski definition) is 14. The number of fused-ring (bicyclic) bond motifs is 3. The third-order valence-corrected chi connectivity index (χ3v) is 15.7. The standard InChI is InChI=1S/C65H92N10O22/c1-33(19-48(78)44(66)30-76)60(86)74-46(11-13-57(81)82)64(90)69-15-9-17-95-53-27-41-21-38-24-50(92-6)54(96-18-10-16-70-65(91)47(12-14-58(83)84)75-61(87)34(2)20-49(79)45(67)31-77)28-42(38)22-40-26-52(94-8)55(29-43(40)23-39(41)25-51(53)93-7)97-32-56(80)71-36(4)62(88)73-37(5)63(89)72-35(3)59(68)85/h24-29,33-37,44-47,76-77H,9-23,30-32,66-67H2,1-8H3,(H2,68,85)(H,69,90)(H,70,91)(H,71,80)(H,72,89)(H,73,88)(H,74,86)(H,75,87)(H,81,82)(H,83,84)/t33-,34-,35+,36+,37+,44+,45+,46+,47+/m1/s1. The number of aliphatic carboxylic acids is 2. The minimum absolute atomic E-state index is 0.0284. The average Bonchev–Trinajstić information content (AvgIpc) is 1.73. The number of rotatable bonds is 42. The van der Waals surface area contributed by atoms with E-state index < -0.39 is 158 Å². The Hall–Kier alpha value is -9.66. The van der Waals surface area contributed by atoms with E-state index >= 15 is 0 Å². The van der Waals surface area contributed by atoms with Gasteiger partial charge in [-0.3, -0.25) is 57.5 Å². The zero-order chi connectivity index (χ0) is 72.2. The lowest BCUT2D eigenvalue weighted by molar-refractivity contribution is -0.139. The predicted molar refractivity (Wildman–Crippen MR) is 346 cm³/mol. The summed E-state index contributed by atoms with van der Waals surface area (Å²) in [6.07, 6.45) is -0.783. The number of benzene rings is 3. The van der Waals surface area contributed by atoms with Crippen LogP contribution in [0.5, 0.6) is 34.5 Å². The molecule has 0 fully saturated rings. The van der Waals surface area contributed by atoms with Crippen LogP contribution in [0.15, 0.2) is 36.4 Å². The van der Waals surface area contributed by atoms with Gasteiger partial charge in [0.25, 0.3) is 5.91 Å². The van der Waals surface area contributed by atoms with E-state index in [0.717, 1.165) is 33.4 Å². The van der Waals surface area contributed by atoms with Gasteiger partial charge < -0.3 is 103 Å². The minimum atomic E-state index is -1.26. The largest absolute Gasteiger partial charge is 0.493 e. The number of aliphatic hydroxyl groups excluding tert-OH is 2. The van der Waals surface area contributed by atoms with Gasteiger partial charge in [-0.15, -0.1) is 0 Å². The second-order valence-electron chi connectivity index (χ2n) is 23.5. The van der Waals surface area contributed by atoms with Crippen molar-refractivity contribution in [2.24, 2.45) is 29.0 Å². The first-order valence-corrected chi connectivity index (χ1v) is 31.5. The molecule has 0 unspecified atom stereocenters. The summed E-state index contributed by atoms with van der Waals surface area (Å²) in [5.41, 5.74) is 21.0. The van der Waals surface area contributed by atoms with Gasteiger partial charge in [0.1, 0.15) is 30.2 Å². The molecule has 0 saturated heterocycles. The Balaban J connectivity index is 1.64. The molecule has 8 amide bonds. The summed E-state index contributed by atoms with van der Waals surface area (Å²) in [6, 6.07) is 2.62. The predicted octanol–water partition coefficient (Wildman–Crippen LogP) is -1.52. The molecule has 1 aliphatic carbocycles. The van der Waals surface area contributed by atoms with Gasteiger partial charge >= 0.3 is 11.9 Å². The first-order chi connectivity index (χ1) is 45.9. The normalized spacial score (nSPS) is 14.3. The number of Topliss-reactive ketones (excluding diaryl/α,β-unsaturated/α-hetero) is 2. The highest BCUT2D eigenvalue weighted by atomic mass is 16.5. The van der Waals surface area contributed by atoms with Crippen molar-refractivity contribution in [3.63, 3.8) is 0 Å². The fraction of sp³-hybridized carbons (Fsp3) is 0.538. The highest BCUT2D eigenvalue weighted by molar-refractivity contribution is 5.95. The molecule has 32 nitrogen and oxygen atoms in total. The van der Waals surface area contributed by atoms with E-state index in [-0.39, 0.29) is 95.6 Å². The second-order valence-corrected chi connectivity index (χ2v) is 23.5. The number of nitrogens with two attached hydrogens (primary N) is 3. The molecule has 32 heteroatoms. The Bertz CT molecular complexity index is 3220. The third kappa shape index (κ3) is 25.5. The molecular formula is C65H92N10O22. The number of carbonyl (C=O) groups excluding carboxylic acids is 10. The van der Waals surface area contributed by atoms with Crippen LogP contribution in [0.1, 0.15) is 119 Å². The van der Waals surface area contributed by atoms with Gasteiger partial charge in [0, 0.05) is 50.6 Å². The fourth-order valence-corrected chi connectivity index (χ4v) is 9.83. The molecule has 534 valence electrons. The van der Waals surface area contributed by atoms with Gasteiger partial charge in [0.15, 0.2) is 52.7 Å². The molecule has 4 rings (SSSR count). The number of carboxylic acids is 2. The molecule has 3 aromatic rings. The zero-order valence-corrected chi connectivity index (χ0v) is 55.8. The van der Waals surface area contributed by atoms with E-state index in [1.54, 1.807) is 12.1 Å². The van der Waals surface area contributed by atoms with Crippen molar-refractivity contribution in [3.8, 4) is 34.5 Å². The molecule has 17 N–H and O–H groups in total. The van der Waals surface area contributed by atoms with Crippen molar-refractivity contribution < 1.29 is 106 Å². The van der Waals surface area contributed by atoms with E-state index in [0.29, 0.717) is 23.0 Å². The van der Waals surface area contributed by atoms with Crippen LogP contribution in [-0.2, 0) is 76.8 Å². The van der Waals surface area contributed by atoms with Gasteiger partial charge in [0.05, 0.1) is 59.8 Å². The first-order valence-electron chi connectivity index (χ1n) is 31.5. The first kappa shape index (κ1) is 79.8. The molecule has 3 aromatic carbocycles. The molecule has 9 atom stereocenters. The van der Waals surface area contributed by atoms with Crippen LogP contribution in [-0.4, -0.2) is 201 Å². The summed E-state index contributed by atoms with van der Waals surface area (Å²) >= 11 is 0. The van der Waals surface area contributed by atoms with E-state index in [1.807, 2.05) is 24.3 Å². The van der Waals surface area contributed by atoms with Crippen molar-refractivity contribution in [1.29, 1.82) is 0 Å². The quantitative estimate of drug-likeness (QED) is 0.0224. The maximum Gasteiger partial charge on any atom is 0.303 e. The van der Waals surface area contributed by atoms with Crippen LogP contribution in [0, 0.1) is 11.8 Å². The van der Waals surface area contributed by atoms with Gasteiger partial charge in [-0.05, 0) is 135 Å². The summed E-state index contributed by atoms with van der Waals surface area (Å²) in [5.74, 6) is -9.28. The number of ketones is 2. The lowest BCUT2D eigenvalue weighted by Gasteiger charge is -2.21. The summed E-state index contributed by atoms with van der Waals surface area (Å²) < 4.78 is 36.3. The van der Waals surface area contributed by atoms with Crippen molar-refractivity contribution >= 4 is 70.8 Å². The van der Waals surface area contributed by atoms with Gasteiger partial charge in [-0.25, -0.2) is 0 Å². The molecule has 0 spiro atoms. The third-order valence-electron chi connectivity index (χ3n) is 15.7. The number of carbonyl (C=O) groups is 12. The molecule has 0 aromatic heterocycles. The molecule has 0 radical (unpaired) electrons. The Labute approximate surface area is 560 Å². The molecule has 0 saturated carbocycles. The lowest BCUT2D eigenvalue weighted by atomic mass is 9.94. The number of primary amides is 1. The van der Waals surface area contributed by atoms with Crippen molar-refractivity contribution in [2.45, 2.75) is 148 Å². The van der Waals surface area contributed by atoms with Crippen LogP contribution in [0.2, 0.25) is 0 Å². The Kier molecular flexibility index (Phi) is 32.4. The van der Waals surface area contributed by atoms with Crippen molar-refractivity contribution in [3.05, 3.63) is 69.8 Å². The summed E-state index contributed by atoms with van der Waals surface area (Å²) in [6.45, 7) is 5.34. The number of methoxy groups -OCH3 is 3. The summed E-state index contributed by atoms with van der Waals surface area (Å²) in [7, 11) is 4.34. The SMILES string of the molecule is COc1cc2c(cc1OCCCNC(=O)[C@H](CCC(=O)O)NC(=O)[C@H](C)CC(=O)[C@@H](N)CO)Cc1cc(OC)c(OCCCNC(=O)[C@H](CCC(=O)O)NC(=O)[C@H](C)CC(=O)[C@@H](N)CO)cc1Cc1cc(OC)c(OCC(=O)N[C@@H](C)C(=O)N[C@@H](C)C(=O)N[C@@H](C)C(N)=O)cc1C2. The monoisotopic (exact) mass is 1360 g/mol. The fourth-order valence-electron chi connectivity index (χ4n) is 9.83. The highest BCUT2D eigenvalue weighted by Crippen LogP contribution is 2.41. The van der Waals surface area contributed by atoms with Crippen LogP contribution in [0.3, 0.4) is 0 Å². The Morgan fingerprint density at radius 1 is 0.454 bits per heavy atom. The highest BCUT2D eigenvalue weighted by Gasteiger charge is 2.31. The van der Waals surface area contributed by atoms with Gasteiger partial charge in [-0.1, -0.05) is 13.8 Å². The molecule has 97 heavy (non-hydrogen) atoms. The number of nitrogens with one attached hydrogen (secondary N) is 7. The Morgan fingerprint density at radius 2 is 0.784 bits per heavy atom.